The number of ether oxygens (including phenoxy) is 1. The van der Waals surface area contributed by atoms with Crippen LogP contribution in [0.2, 0.25) is 0 Å². The van der Waals surface area contributed by atoms with Crippen LogP contribution in [0.3, 0.4) is 0 Å². The number of nitrogens with one attached hydrogen (secondary N) is 1. The number of carbonyl (C=O) groups is 1. The smallest absolute Gasteiger partial charge is 0.308 e. The fourth-order valence-electron chi connectivity index (χ4n) is 3.79. The number of hydrogen-bond donors (Lipinski definition) is 1. The van der Waals surface area contributed by atoms with E-state index in [1.807, 2.05) is 30.3 Å². The van der Waals surface area contributed by atoms with Gasteiger partial charge in [0.25, 0.3) is 0 Å². The Morgan fingerprint density at radius 2 is 1.93 bits per heavy atom. The predicted octanol–water partition coefficient (Wildman–Crippen LogP) is 3.11. The molecule has 28 heavy (non-hydrogen) atoms. The summed E-state index contributed by atoms with van der Waals surface area (Å²) < 4.78 is 6.63. The first-order chi connectivity index (χ1) is 13.7. The molecule has 1 N–H and O–H groups in total. The molecule has 8 nitrogen and oxygen atoms in total. The van der Waals surface area contributed by atoms with Crippen LogP contribution in [0.1, 0.15) is 38.5 Å². The predicted molar refractivity (Wildman–Crippen MR) is 105 cm³/mol. The van der Waals surface area contributed by atoms with E-state index in [1.165, 1.54) is 7.11 Å². The molecule has 1 fully saturated rings. The monoisotopic (exact) mass is 380 g/mol. The Morgan fingerprint density at radius 1 is 1.11 bits per heavy atom. The highest BCUT2D eigenvalue weighted by Crippen LogP contribution is 2.25. The standard InChI is InChI=1S/C20H24N6O2/c1-28-20(27)14-6-4-8-15(9-5-7-14)22-17-11-12-18-23-24-19(26(18)25-17)16-10-2-3-13-21-16/h2-3,10-15H,4-9H2,1H3,(H,22,25). The van der Waals surface area contributed by atoms with Crippen molar-refractivity contribution in [3.63, 3.8) is 0 Å². The van der Waals surface area contributed by atoms with Crippen LogP contribution in [0, 0.1) is 5.92 Å². The van der Waals surface area contributed by atoms with E-state index < -0.39 is 0 Å². The Kier molecular flexibility index (Phi) is 5.45. The molecule has 0 spiro atoms. The lowest BCUT2D eigenvalue weighted by molar-refractivity contribution is -0.146. The summed E-state index contributed by atoms with van der Waals surface area (Å²) in [6, 6.07) is 9.85. The van der Waals surface area contributed by atoms with Gasteiger partial charge in [-0.2, -0.15) is 4.52 Å². The number of carbonyl (C=O) groups excluding carboxylic acids is 1. The Labute approximate surface area is 163 Å². The molecular weight excluding hydrogens is 356 g/mol. The van der Waals surface area contributed by atoms with Crippen LogP contribution >= 0.6 is 0 Å². The largest absolute Gasteiger partial charge is 0.469 e. The molecule has 1 saturated carbocycles. The number of rotatable bonds is 4. The van der Waals surface area contributed by atoms with Gasteiger partial charge in [-0.25, -0.2) is 0 Å². The van der Waals surface area contributed by atoms with E-state index in [0.717, 1.165) is 50.0 Å². The third-order valence-corrected chi connectivity index (χ3v) is 5.25. The number of methoxy groups -OCH3 is 1. The number of pyridine rings is 1. The summed E-state index contributed by atoms with van der Waals surface area (Å²) in [7, 11) is 1.47. The number of esters is 1. The molecule has 146 valence electrons. The van der Waals surface area contributed by atoms with E-state index in [1.54, 1.807) is 10.7 Å². The maximum Gasteiger partial charge on any atom is 0.308 e. The summed E-state index contributed by atoms with van der Waals surface area (Å²) in [5.41, 5.74) is 1.42. The zero-order chi connectivity index (χ0) is 19.3. The second-order valence-electron chi connectivity index (χ2n) is 7.15. The molecule has 1 aliphatic carbocycles. The van der Waals surface area contributed by atoms with Gasteiger partial charge in [0.15, 0.2) is 5.65 Å². The van der Waals surface area contributed by atoms with E-state index in [9.17, 15) is 4.79 Å². The molecular formula is C20H24N6O2. The highest BCUT2D eigenvalue weighted by atomic mass is 16.5. The lowest BCUT2D eigenvalue weighted by Gasteiger charge is -2.24. The average molecular weight is 380 g/mol. The molecule has 0 radical (unpaired) electrons. The summed E-state index contributed by atoms with van der Waals surface area (Å²) >= 11 is 0. The molecule has 0 atom stereocenters. The third kappa shape index (κ3) is 3.95. The first-order valence-corrected chi connectivity index (χ1v) is 9.73. The first-order valence-electron chi connectivity index (χ1n) is 9.73. The van der Waals surface area contributed by atoms with E-state index in [-0.39, 0.29) is 11.9 Å². The summed E-state index contributed by atoms with van der Waals surface area (Å²) in [5.74, 6) is 1.38. The van der Waals surface area contributed by atoms with E-state index in [0.29, 0.717) is 17.5 Å². The lowest BCUT2D eigenvalue weighted by Crippen LogP contribution is -2.25. The van der Waals surface area contributed by atoms with Gasteiger partial charge in [-0.15, -0.1) is 15.3 Å². The fraction of sp³-hybridized carbons (Fsp3) is 0.450. The van der Waals surface area contributed by atoms with Crippen molar-refractivity contribution in [1.82, 2.24) is 24.8 Å². The lowest BCUT2D eigenvalue weighted by atomic mass is 9.89. The van der Waals surface area contributed by atoms with Crippen molar-refractivity contribution in [3.05, 3.63) is 36.5 Å². The van der Waals surface area contributed by atoms with Crippen LogP contribution in [0.15, 0.2) is 36.5 Å². The van der Waals surface area contributed by atoms with Crippen molar-refractivity contribution in [2.75, 3.05) is 12.4 Å². The SMILES string of the molecule is COC(=O)C1CCCC(Nc2ccc3nnc(-c4ccccn4)n3n2)CCC1. The summed E-state index contributed by atoms with van der Waals surface area (Å²) in [4.78, 5) is 16.1. The zero-order valence-electron chi connectivity index (χ0n) is 15.9. The van der Waals surface area contributed by atoms with Crippen molar-refractivity contribution in [3.8, 4) is 11.5 Å². The van der Waals surface area contributed by atoms with Crippen LogP contribution in [-0.4, -0.2) is 43.9 Å². The summed E-state index contributed by atoms with van der Waals surface area (Å²) in [5, 5.41) is 16.6. The molecule has 3 heterocycles. The highest BCUT2D eigenvalue weighted by Gasteiger charge is 2.23. The number of aromatic nitrogens is 5. The van der Waals surface area contributed by atoms with Gasteiger partial charge in [-0.05, 0) is 49.9 Å². The van der Waals surface area contributed by atoms with Crippen molar-refractivity contribution in [2.45, 2.75) is 44.6 Å². The molecule has 0 unspecified atom stereocenters. The Balaban J connectivity index is 1.47. The normalized spacial score (nSPS) is 20.3. The van der Waals surface area contributed by atoms with Gasteiger partial charge in [0.05, 0.1) is 13.0 Å². The van der Waals surface area contributed by atoms with Gasteiger partial charge in [-0.3, -0.25) is 9.78 Å². The first kappa shape index (κ1) is 18.3. The Bertz CT molecular complexity index is 932. The van der Waals surface area contributed by atoms with Crippen molar-refractivity contribution in [2.24, 2.45) is 5.92 Å². The van der Waals surface area contributed by atoms with Gasteiger partial charge < -0.3 is 10.1 Å². The molecule has 0 saturated heterocycles. The van der Waals surface area contributed by atoms with E-state index >= 15 is 0 Å². The van der Waals surface area contributed by atoms with Gasteiger partial charge in [0.2, 0.25) is 5.82 Å². The van der Waals surface area contributed by atoms with Crippen LogP contribution in [-0.2, 0) is 9.53 Å². The van der Waals surface area contributed by atoms with E-state index in [4.69, 9.17) is 4.74 Å². The van der Waals surface area contributed by atoms with Gasteiger partial charge in [0.1, 0.15) is 11.5 Å². The van der Waals surface area contributed by atoms with Crippen molar-refractivity contribution >= 4 is 17.4 Å². The minimum Gasteiger partial charge on any atom is -0.469 e. The zero-order valence-corrected chi connectivity index (χ0v) is 15.9. The van der Waals surface area contributed by atoms with Crippen LogP contribution in [0.5, 0.6) is 0 Å². The van der Waals surface area contributed by atoms with Crippen molar-refractivity contribution < 1.29 is 9.53 Å². The second kappa shape index (κ2) is 8.33. The minimum absolute atomic E-state index is 0.0402. The van der Waals surface area contributed by atoms with Crippen molar-refractivity contribution in [1.29, 1.82) is 0 Å². The Hall–Kier alpha value is -3.03. The van der Waals surface area contributed by atoms with Gasteiger partial charge in [0, 0.05) is 12.2 Å². The number of fused-ring (bicyclic) bond motifs is 1. The molecule has 3 aromatic heterocycles. The number of nitrogens with zero attached hydrogens (tertiary/aromatic N) is 5. The second-order valence-corrected chi connectivity index (χ2v) is 7.15. The molecule has 3 aromatic rings. The third-order valence-electron chi connectivity index (χ3n) is 5.25. The number of anilines is 1. The summed E-state index contributed by atoms with van der Waals surface area (Å²) in [6.45, 7) is 0. The molecule has 0 aromatic carbocycles. The maximum atomic E-state index is 11.8. The fourth-order valence-corrected chi connectivity index (χ4v) is 3.79. The minimum atomic E-state index is -0.0758. The maximum absolute atomic E-state index is 11.8. The molecule has 1 aliphatic rings. The molecule has 0 bridgehead atoms. The molecule has 8 heteroatoms. The molecule has 4 rings (SSSR count). The highest BCUT2D eigenvalue weighted by molar-refractivity contribution is 5.72. The van der Waals surface area contributed by atoms with Crippen LogP contribution in [0.4, 0.5) is 5.82 Å². The van der Waals surface area contributed by atoms with E-state index in [2.05, 4.69) is 25.6 Å². The molecule has 0 aliphatic heterocycles. The number of hydrogen-bond acceptors (Lipinski definition) is 7. The Morgan fingerprint density at radius 3 is 2.64 bits per heavy atom. The summed E-state index contributed by atoms with van der Waals surface area (Å²) in [6.07, 6.45) is 7.48. The van der Waals surface area contributed by atoms with Gasteiger partial charge in [-0.1, -0.05) is 18.9 Å². The van der Waals surface area contributed by atoms with Crippen LogP contribution in [0.25, 0.3) is 17.2 Å². The average Bonchev–Trinajstić information content (AvgIpc) is 3.13. The van der Waals surface area contributed by atoms with Crippen LogP contribution < -0.4 is 5.32 Å². The topological polar surface area (TPSA) is 94.3 Å². The van der Waals surface area contributed by atoms with Gasteiger partial charge >= 0.3 is 5.97 Å². The molecule has 0 amide bonds. The quantitative estimate of drug-likeness (QED) is 0.695.